The van der Waals surface area contributed by atoms with E-state index < -0.39 is 5.97 Å². The van der Waals surface area contributed by atoms with E-state index in [9.17, 15) is 4.79 Å². The molecule has 1 aromatic carbocycles. The van der Waals surface area contributed by atoms with Crippen molar-refractivity contribution in [3.05, 3.63) is 35.1 Å². The van der Waals surface area contributed by atoms with Gasteiger partial charge in [0.1, 0.15) is 11.5 Å². The number of aromatic carboxylic acids is 1. The second kappa shape index (κ2) is 6.91. The van der Waals surface area contributed by atoms with E-state index in [0.29, 0.717) is 28.0 Å². The van der Waals surface area contributed by atoms with Crippen molar-refractivity contribution < 1.29 is 19.4 Å². The lowest BCUT2D eigenvalue weighted by Crippen LogP contribution is -2.04. The van der Waals surface area contributed by atoms with Crippen LogP contribution in [0.15, 0.2) is 23.7 Å². The molecular formula is C16H16N4O4S. The minimum atomic E-state index is -1.07. The van der Waals surface area contributed by atoms with Crippen LogP contribution in [0.25, 0.3) is 10.8 Å². The number of benzene rings is 1. The predicted octanol–water partition coefficient (Wildman–Crippen LogP) is 2.61. The van der Waals surface area contributed by atoms with Crippen LogP contribution in [0.2, 0.25) is 0 Å². The number of carbonyl (C=O) groups is 1. The number of methoxy groups -OCH3 is 2. The van der Waals surface area contributed by atoms with E-state index in [1.807, 2.05) is 6.07 Å². The summed E-state index contributed by atoms with van der Waals surface area (Å²) in [7, 11) is 3.13. The Balaban J connectivity index is 2.15. The highest BCUT2D eigenvalue weighted by atomic mass is 32.1. The molecule has 4 N–H and O–H groups in total. The Morgan fingerprint density at radius 3 is 2.76 bits per heavy atom. The molecule has 2 aromatic heterocycles. The first-order chi connectivity index (χ1) is 12.1. The smallest absolute Gasteiger partial charge is 0.355 e. The zero-order valence-electron chi connectivity index (χ0n) is 13.6. The van der Waals surface area contributed by atoms with Gasteiger partial charge in [0.15, 0.2) is 10.8 Å². The summed E-state index contributed by atoms with van der Waals surface area (Å²) in [5, 5.41) is 15.6. The van der Waals surface area contributed by atoms with Gasteiger partial charge >= 0.3 is 5.97 Å². The standard InChI is InChI=1S/C16H16N4O4S/c1-23-8-3-9-11(19-16-20-12(7-25-16)15(21)22)6-18-10(5-17)14(9)13(4-8)24-2/h3-4,6-7H,5,17H2,1-2H3,(H,19,20)(H,21,22). The second-order valence-electron chi connectivity index (χ2n) is 5.04. The van der Waals surface area contributed by atoms with Gasteiger partial charge < -0.3 is 25.6 Å². The lowest BCUT2D eigenvalue weighted by molar-refractivity contribution is 0.0691. The van der Waals surface area contributed by atoms with Crippen LogP contribution in [0.5, 0.6) is 11.5 Å². The summed E-state index contributed by atoms with van der Waals surface area (Å²) < 4.78 is 10.8. The molecule has 0 bridgehead atoms. The van der Waals surface area contributed by atoms with Crippen LogP contribution in [0, 0.1) is 0 Å². The van der Waals surface area contributed by atoms with Crippen LogP contribution in [0.3, 0.4) is 0 Å². The molecule has 3 aromatic rings. The van der Waals surface area contributed by atoms with Gasteiger partial charge in [0.05, 0.1) is 31.8 Å². The molecule has 3 rings (SSSR count). The molecule has 0 aliphatic carbocycles. The molecule has 0 saturated heterocycles. The quantitative estimate of drug-likeness (QED) is 0.613. The molecule has 2 heterocycles. The SMILES string of the molecule is COc1cc(OC)c2c(CN)ncc(Nc3nc(C(=O)O)cs3)c2c1. The first-order valence-electron chi connectivity index (χ1n) is 7.27. The van der Waals surface area contributed by atoms with Crippen molar-refractivity contribution in [1.82, 2.24) is 9.97 Å². The van der Waals surface area contributed by atoms with Crippen LogP contribution in [0.4, 0.5) is 10.8 Å². The molecule has 0 aliphatic rings. The molecule has 0 unspecified atom stereocenters. The maximum Gasteiger partial charge on any atom is 0.355 e. The minimum absolute atomic E-state index is 0.0153. The van der Waals surface area contributed by atoms with Gasteiger partial charge in [-0.15, -0.1) is 11.3 Å². The second-order valence-corrected chi connectivity index (χ2v) is 5.90. The number of ether oxygens (including phenoxy) is 2. The average molecular weight is 360 g/mol. The number of hydrogen-bond donors (Lipinski definition) is 3. The molecule has 0 fully saturated rings. The average Bonchev–Trinajstić information content (AvgIpc) is 3.10. The highest BCUT2D eigenvalue weighted by Crippen LogP contribution is 2.37. The summed E-state index contributed by atoms with van der Waals surface area (Å²) in [6.45, 7) is 0.250. The van der Waals surface area contributed by atoms with Crippen molar-refractivity contribution in [3.63, 3.8) is 0 Å². The number of anilines is 2. The Kier molecular flexibility index (Phi) is 4.68. The Labute approximate surface area is 147 Å². The van der Waals surface area contributed by atoms with Gasteiger partial charge in [0.25, 0.3) is 0 Å². The lowest BCUT2D eigenvalue weighted by atomic mass is 10.1. The molecule has 0 spiro atoms. The number of fused-ring (bicyclic) bond motifs is 1. The van der Waals surface area contributed by atoms with E-state index in [4.69, 9.17) is 20.3 Å². The number of nitrogens with zero attached hydrogens (tertiary/aromatic N) is 2. The third-order valence-corrected chi connectivity index (χ3v) is 4.38. The first-order valence-corrected chi connectivity index (χ1v) is 8.14. The molecular weight excluding hydrogens is 344 g/mol. The van der Waals surface area contributed by atoms with E-state index in [0.717, 1.165) is 10.8 Å². The topological polar surface area (TPSA) is 120 Å². The maximum atomic E-state index is 11.0. The number of thiazole rings is 1. The zero-order valence-corrected chi connectivity index (χ0v) is 14.4. The molecule has 0 saturated carbocycles. The Bertz CT molecular complexity index is 941. The van der Waals surface area contributed by atoms with Crippen LogP contribution in [-0.4, -0.2) is 35.3 Å². The van der Waals surface area contributed by atoms with Crippen LogP contribution < -0.4 is 20.5 Å². The summed E-state index contributed by atoms with van der Waals surface area (Å²) in [6, 6.07) is 3.60. The third kappa shape index (κ3) is 3.19. The van der Waals surface area contributed by atoms with Crippen molar-refractivity contribution in [2.24, 2.45) is 5.73 Å². The van der Waals surface area contributed by atoms with Gasteiger partial charge in [-0.05, 0) is 6.07 Å². The number of rotatable bonds is 6. The number of nitrogens with one attached hydrogen (secondary N) is 1. The van der Waals surface area contributed by atoms with E-state index in [1.165, 1.54) is 16.7 Å². The summed E-state index contributed by atoms with van der Waals surface area (Å²) in [5.74, 6) is 0.136. The van der Waals surface area contributed by atoms with Gasteiger partial charge in [-0.1, -0.05) is 0 Å². The van der Waals surface area contributed by atoms with Gasteiger partial charge in [0, 0.05) is 28.8 Å². The maximum absolute atomic E-state index is 11.0. The predicted molar refractivity (Wildman–Crippen MR) is 95.1 cm³/mol. The molecule has 0 radical (unpaired) electrons. The fourth-order valence-corrected chi connectivity index (χ4v) is 3.15. The minimum Gasteiger partial charge on any atom is -0.497 e. The highest BCUT2D eigenvalue weighted by molar-refractivity contribution is 7.14. The molecule has 0 aliphatic heterocycles. The van der Waals surface area contributed by atoms with Gasteiger partial charge in [-0.2, -0.15) is 0 Å². The number of pyridine rings is 1. The molecule has 25 heavy (non-hydrogen) atoms. The van der Waals surface area contributed by atoms with Crippen LogP contribution in [0.1, 0.15) is 16.2 Å². The summed E-state index contributed by atoms with van der Waals surface area (Å²) in [6.07, 6.45) is 1.63. The van der Waals surface area contributed by atoms with E-state index in [2.05, 4.69) is 15.3 Å². The van der Waals surface area contributed by atoms with E-state index >= 15 is 0 Å². The Morgan fingerprint density at radius 2 is 2.16 bits per heavy atom. The molecule has 9 heteroatoms. The van der Waals surface area contributed by atoms with Crippen molar-refractivity contribution in [2.75, 3.05) is 19.5 Å². The largest absolute Gasteiger partial charge is 0.497 e. The van der Waals surface area contributed by atoms with Gasteiger partial charge in [-0.25, -0.2) is 9.78 Å². The van der Waals surface area contributed by atoms with E-state index in [-0.39, 0.29) is 12.2 Å². The van der Waals surface area contributed by atoms with Crippen molar-refractivity contribution in [3.8, 4) is 11.5 Å². The number of hydrogen-bond acceptors (Lipinski definition) is 8. The molecule has 130 valence electrons. The Hall–Kier alpha value is -2.91. The number of carboxylic acids is 1. The summed E-state index contributed by atoms with van der Waals surface area (Å²) in [4.78, 5) is 19.4. The van der Waals surface area contributed by atoms with Gasteiger partial charge in [0.2, 0.25) is 0 Å². The van der Waals surface area contributed by atoms with Crippen molar-refractivity contribution in [2.45, 2.75) is 6.54 Å². The fourth-order valence-electron chi connectivity index (χ4n) is 2.45. The zero-order chi connectivity index (χ0) is 18.0. The normalized spacial score (nSPS) is 10.7. The van der Waals surface area contributed by atoms with Crippen LogP contribution in [-0.2, 0) is 6.54 Å². The Morgan fingerprint density at radius 1 is 1.36 bits per heavy atom. The molecule has 0 atom stereocenters. The van der Waals surface area contributed by atoms with Gasteiger partial charge in [-0.3, -0.25) is 4.98 Å². The van der Waals surface area contributed by atoms with E-state index in [1.54, 1.807) is 26.5 Å². The molecule has 8 nitrogen and oxygen atoms in total. The number of aromatic nitrogens is 2. The first kappa shape index (κ1) is 16.9. The lowest BCUT2D eigenvalue weighted by Gasteiger charge is -2.14. The summed E-state index contributed by atoms with van der Waals surface area (Å²) >= 11 is 1.19. The third-order valence-electron chi connectivity index (χ3n) is 3.62. The summed E-state index contributed by atoms with van der Waals surface area (Å²) in [5.41, 5.74) is 7.12. The van der Waals surface area contributed by atoms with Crippen LogP contribution >= 0.6 is 11.3 Å². The van der Waals surface area contributed by atoms with Crippen molar-refractivity contribution in [1.29, 1.82) is 0 Å². The number of nitrogens with two attached hydrogens (primary N) is 1. The molecule has 0 amide bonds. The fraction of sp³-hybridized carbons (Fsp3) is 0.188. The number of carboxylic acid groups (broad SMARTS) is 1. The van der Waals surface area contributed by atoms with Crippen molar-refractivity contribution >= 4 is 38.9 Å². The monoisotopic (exact) mass is 360 g/mol. The highest BCUT2D eigenvalue weighted by Gasteiger charge is 2.16.